The largest absolute Gasteiger partial charge is 0.347 e. The van der Waals surface area contributed by atoms with Crippen molar-refractivity contribution in [3.05, 3.63) is 66.2 Å². The smallest absolute Gasteiger partial charge is 0.191 e. The molecule has 1 aliphatic heterocycles. The summed E-state index contributed by atoms with van der Waals surface area (Å²) < 4.78 is 0. The zero-order valence-corrected chi connectivity index (χ0v) is 14.6. The van der Waals surface area contributed by atoms with Crippen molar-refractivity contribution < 1.29 is 0 Å². The monoisotopic (exact) mass is 358 g/mol. The van der Waals surface area contributed by atoms with Crippen LogP contribution in [0.1, 0.15) is 11.1 Å². The molecule has 1 atom stereocenters. The van der Waals surface area contributed by atoms with Crippen molar-refractivity contribution >= 4 is 22.6 Å². The summed E-state index contributed by atoms with van der Waals surface area (Å²) in [5.41, 5.74) is 11.5. The molecule has 3 aromatic heterocycles. The van der Waals surface area contributed by atoms with E-state index in [9.17, 15) is 0 Å². The van der Waals surface area contributed by atoms with Crippen molar-refractivity contribution in [3.8, 4) is 11.1 Å². The van der Waals surface area contributed by atoms with E-state index in [1.807, 2.05) is 36.5 Å². The number of aromatic nitrogens is 4. The minimum absolute atomic E-state index is 0.712. The fourth-order valence-electron chi connectivity index (χ4n) is 3.50. The normalized spacial score (nSPS) is 20.3. The molecule has 0 spiro atoms. The number of nitrogens with zero attached hydrogens (tertiary/aromatic N) is 3. The highest BCUT2D eigenvalue weighted by Crippen LogP contribution is 2.35. The number of H-pyrrole nitrogens is 2. The average molecular weight is 358 g/mol. The molecule has 0 fully saturated rings. The molecule has 1 aromatic carbocycles. The highest BCUT2D eigenvalue weighted by molar-refractivity contribution is 6.10. The highest BCUT2D eigenvalue weighted by Gasteiger charge is 2.37. The summed E-state index contributed by atoms with van der Waals surface area (Å²) in [7, 11) is 1.75. The van der Waals surface area contributed by atoms with E-state index < -0.39 is 5.79 Å². The number of aromatic amines is 2. The maximum absolute atomic E-state index is 6.70. The number of hydrogen-bond acceptors (Lipinski definition) is 5. The third-order valence-corrected chi connectivity index (χ3v) is 4.87. The number of nitrogens with two attached hydrogens (primary N) is 1. The van der Waals surface area contributed by atoms with Crippen LogP contribution >= 0.6 is 0 Å². The van der Waals surface area contributed by atoms with Crippen molar-refractivity contribution in [3.63, 3.8) is 0 Å². The predicted octanol–water partition coefficient (Wildman–Crippen LogP) is 2.11. The Balaban J connectivity index is 1.61. The van der Waals surface area contributed by atoms with Gasteiger partial charge in [0, 0.05) is 42.2 Å². The topological polar surface area (TPSA) is 120 Å². The lowest BCUT2D eigenvalue weighted by atomic mass is 9.99. The lowest BCUT2D eigenvalue weighted by Gasteiger charge is -2.38. The minimum Gasteiger partial charge on any atom is -0.347 e. The minimum atomic E-state index is -1.01. The van der Waals surface area contributed by atoms with E-state index in [0.717, 1.165) is 39.0 Å². The lowest BCUT2D eigenvalue weighted by molar-refractivity contribution is 0.465. The van der Waals surface area contributed by atoms with Crippen molar-refractivity contribution in [2.24, 2.45) is 10.7 Å². The summed E-state index contributed by atoms with van der Waals surface area (Å²) in [6.07, 6.45) is 7.28. The zero-order chi connectivity index (χ0) is 18.4. The van der Waals surface area contributed by atoms with Crippen LogP contribution in [0, 0.1) is 0 Å². The molecule has 0 bridgehead atoms. The maximum atomic E-state index is 6.70. The van der Waals surface area contributed by atoms with E-state index in [1.54, 1.807) is 25.6 Å². The number of nitrogens with one attached hydrogen (secondary N) is 4. The SMILES string of the molecule is CN=C1NC(N)(c2ccc3cn[nH]c3c2)Nc2[nH]cc(-c3ccncc3)c21. The van der Waals surface area contributed by atoms with Crippen LogP contribution in [0.2, 0.25) is 0 Å². The van der Waals surface area contributed by atoms with Gasteiger partial charge in [0.15, 0.2) is 5.79 Å². The number of amidine groups is 1. The Kier molecular flexibility index (Phi) is 3.28. The second kappa shape index (κ2) is 5.68. The van der Waals surface area contributed by atoms with Gasteiger partial charge >= 0.3 is 0 Å². The molecular weight excluding hydrogens is 340 g/mol. The van der Waals surface area contributed by atoms with Crippen molar-refractivity contribution in [1.82, 2.24) is 25.5 Å². The fraction of sp³-hybridized carbons (Fsp3) is 0.105. The lowest BCUT2D eigenvalue weighted by Crippen LogP contribution is -2.61. The van der Waals surface area contributed by atoms with E-state index in [2.05, 4.69) is 35.8 Å². The summed E-state index contributed by atoms with van der Waals surface area (Å²) in [6, 6.07) is 9.87. The van der Waals surface area contributed by atoms with Crippen molar-refractivity contribution in [1.29, 1.82) is 0 Å². The first kappa shape index (κ1) is 15.6. The Morgan fingerprint density at radius 1 is 1.11 bits per heavy atom. The quantitative estimate of drug-likeness (QED) is 0.376. The van der Waals surface area contributed by atoms with Gasteiger partial charge in [0.2, 0.25) is 0 Å². The summed E-state index contributed by atoms with van der Waals surface area (Å²) in [5.74, 6) is 0.513. The molecule has 0 aliphatic carbocycles. The van der Waals surface area contributed by atoms with E-state index >= 15 is 0 Å². The Hall–Kier alpha value is -3.65. The molecule has 4 heterocycles. The van der Waals surface area contributed by atoms with Crippen LogP contribution in [-0.4, -0.2) is 33.0 Å². The molecule has 0 saturated carbocycles. The van der Waals surface area contributed by atoms with Crippen molar-refractivity contribution in [2.75, 3.05) is 12.4 Å². The Morgan fingerprint density at radius 2 is 1.96 bits per heavy atom. The molecule has 1 aliphatic rings. The number of rotatable bonds is 2. The molecule has 0 saturated heterocycles. The van der Waals surface area contributed by atoms with Gasteiger partial charge in [-0.3, -0.25) is 20.8 Å². The number of pyridine rings is 1. The van der Waals surface area contributed by atoms with Gasteiger partial charge in [0.05, 0.1) is 17.3 Å². The first-order valence-electron chi connectivity index (χ1n) is 8.56. The Labute approximate surface area is 154 Å². The number of anilines is 1. The molecule has 0 amide bonds. The number of hydrogen-bond donors (Lipinski definition) is 5. The Bertz CT molecular complexity index is 1160. The van der Waals surface area contributed by atoms with Crippen LogP contribution in [0.4, 0.5) is 5.82 Å². The molecule has 5 rings (SSSR count). The number of aliphatic imine (C=N–C) groups is 1. The standard InChI is InChI=1S/C19H18N8/c1-21-17-16-14(11-4-6-22-7-5-11)10-23-18(16)26-19(20,25-17)13-3-2-12-9-24-27-15(12)8-13/h2-10,23,26H,20H2,1H3,(H,21,25)(H,24,27). The van der Waals surface area contributed by atoms with Gasteiger partial charge in [-0.05, 0) is 23.8 Å². The van der Waals surface area contributed by atoms with E-state index in [-0.39, 0.29) is 0 Å². The average Bonchev–Trinajstić information content (AvgIpc) is 3.34. The van der Waals surface area contributed by atoms with Crippen LogP contribution in [0.5, 0.6) is 0 Å². The van der Waals surface area contributed by atoms with Gasteiger partial charge in [-0.25, -0.2) is 0 Å². The first-order chi connectivity index (χ1) is 13.2. The second-order valence-electron chi connectivity index (χ2n) is 6.49. The zero-order valence-electron chi connectivity index (χ0n) is 14.6. The van der Waals surface area contributed by atoms with Gasteiger partial charge in [0.25, 0.3) is 0 Å². The van der Waals surface area contributed by atoms with E-state index in [4.69, 9.17) is 5.73 Å². The number of fused-ring (bicyclic) bond motifs is 2. The molecular formula is C19H18N8. The van der Waals surface area contributed by atoms with Crippen LogP contribution in [0.15, 0.2) is 60.1 Å². The van der Waals surface area contributed by atoms with E-state index in [1.165, 1.54) is 0 Å². The van der Waals surface area contributed by atoms with Crippen LogP contribution in [-0.2, 0) is 5.79 Å². The molecule has 0 radical (unpaired) electrons. The molecule has 1 unspecified atom stereocenters. The molecule has 8 heteroatoms. The summed E-state index contributed by atoms with van der Waals surface area (Å²) in [6.45, 7) is 0. The van der Waals surface area contributed by atoms with Gasteiger partial charge in [0.1, 0.15) is 11.7 Å². The first-order valence-corrected chi connectivity index (χ1v) is 8.56. The second-order valence-corrected chi connectivity index (χ2v) is 6.49. The van der Waals surface area contributed by atoms with Crippen LogP contribution < -0.4 is 16.4 Å². The predicted molar refractivity (Wildman–Crippen MR) is 105 cm³/mol. The van der Waals surface area contributed by atoms with Crippen molar-refractivity contribution in [2.45, 2.75) is 5.79 Å². The molecule has 6 N–H and O–H groups in total. The molecule has 27 heavy (non-hydrogen) atoms. The van der Waals surface area contributed by atoms with Gasteiger partial charge in [-0.2, -0.15) is 5.10 Å². The van der Waals surface area contributed by atoms with Crippen LogP contribution in [0.25, 0.3) is 22.0 Å². The third kappa shape index (κ3) is 2.38. The Morgan fingerprint density at radius 3 is 2.78 bits per heavy atom. The molecule has 8 nitrogen and oxygen atoms in total. The fourth-order valence-corrected chi connectivity index (χ4v) is 3.50. The number of benzene rings is 1. The van der Waals surface area contributed by atoms with Gasteiger partial charge in [-0.15, -0.1) is 0 Å². The molecule has 4 aromatic rings. The maximum Gasteiger partial charge on any atom is 0.191 e. The summed E-state index contributed by atoms with van der Waals surface area (Å²) in [5, 5.41) is 14.8. The molecule has 134 valence electrons. The highest BCUT2D eigenvalue weighted by atomic mass is 15.4. The third-order valence-electron chi connectivity index (χ3n) is 4.87. The van der Waals surface area contributed by atoms with Gasteiger partial charge in [-0.1, -0.05) is 12.1 Å². The summed E-state index contributed by atoms with van der Waals surface area (Å²) in [4.78, 5) is 11.8. The van der Waals surface area contributed by atoms with Gasteiger partial charge < -0.3 is 15.6 Å². The van der Waals surface area contributed by atoms with E-state index in [0.29, 0.717) is 5.84 Å². The summed E-state index contributed by atoms with van der Waals surface area (Å²) >= 11 is 0. The van der Waals surface area contributed by atoms with Crippen LogP contribution in [0.3, 0.4) is 0 Å².